The largest absolute Gasteiger partial charge is 0.457 e. The van der Waals surface area contributed by atoms with E-state index in [2.05, 4.69) is 15.9 Å². The average molecular weight is 347 g/mol. The van der Waals surface area contributed by atoms with E-state index in [1.807, 2.05) is 0 Å². The van der Waals surface area contributed by atoms with Gasteiger partial charge in [-0.05, 0) is 35.9 Å². The first-order valence-electron chi connectivity index (χ1n) is 5.64. The van der Waals surface area contributed by atoms with Crippen LogP contribution >= 0.6 is 15.9 Å². The molecule has 0 atom stereocenters. The first kappa shape index (κ1) is 14.9. The summed E-state index contributed by atoms with van der Waals surface area (Å²) in [4.78, 5) is 0. The molecule has 106 valence electrons. The maximum absolute atomic E-state index is 12.8. The zero-order chi connectivity index (χ0) is 14.8. The maximum atomic E-state index is 12.8. The molecule has 2 rings (SSSR count). The second kappa shape index (κ2) is 5.85. The molecule has 1 N–H and O–H groups in total. The van der Waals surface area contributed by atoms with Gasteiger partial charge in [0.1, 0.15) is 11.5 Å². The predicted molar refractivity (Wildman–Crippen MR) is 71.6 cm³/mol. The topological polar surface area (TPSA) is 29.5 Å². The van der Waals surface area contributed by atoms with E-state index < -0.39 is 18.3 Å². The van der Waals surface area contributed by atoms with Gasteiger partial charge in [-0.3, -0.25) is 0 Å². The number of hydrogen-bond acceptors (Lipinski definition) is 2. The quantitative estimate of drug-likeness (QED) is 0.868. The van der Waals surface area contributed by atoms with Crippen LogP contribution in [0.25, 0.3) is 0 Å². The van der Waals surface area contributed by atoms with E-state index in [1.165, 1.54) is 12.1 Å². The summed E-state index contributed by atoms with van der Waals surface area (Å²) < 4.78 is 44.7. The van der Waals surface area contributed by atoms with E-state index >= 15 is 0 Å². The monoisotopic (exact) mass is 346 g/mol. The van der Waals surface area contributed by atoms with Gasteiger partial charge in [0.05, 0.1) is 12.2 Å². The van der Waals surface area contributed by atoms with Crippen molar-refractivity contribution >= 4 is 15.9 Å². The van der Waals surface area contributed by atoms with Crippen molar-refractivity contribution in [1.82, 2.24) is 0 Å². The molecule has 0 aliphatic heterocycles. The predicted octanol–water partition coefficient (Wildman–Crippen LogP) is 4.75. The van der Waals surface area contributed by atoms with Crippen molar-refractivity contribution < 1.29 is 23.0 Å². The summed E-state index contributed by atoms with van der Waals surface area (Å²) in [6, 6.07) is 10.3. The zero-order valence-corrected chi connectivity index (χ0v) is 11.7. The Bertz CT molecular complexity index is 612. The Labute approximate surface area is 121 Å². The summed E-state index contributed by atoms with van der Waals surface area (Å²) in [6.45, 7) is -0.675. The summed E-state index contributed by atoms with van der Waals surface area (Å²) in [5.41, 5.74) is -1.08. The molecule has 2 aromatic rings. The molecule has 0 radical (unpaired) electrons. The van der Waals surface area contributed by atoms with Crippen molar-refractivity contribution in [3.8, 4) is 11.5 Å². The molecule has 0 amide bonds. The molecular formula is C14H10BrF3O2. The summed E-state index contributed by atoms with van der Waals surface area (Å²) in [6.07, 6.45) is -4.53. The van der Waals surface area contributed by atoms with Gasteiger partial charge in [-0.2, -0.15) is 13.2 Å². The molecule has 0 unspecified atom stereocenters. The number of ether oxygens (including phenoxy) is 1. The molecular weight excluding hydrogens is 337 g/mol. The van der Waals surface area contributed by atoms with Gasteiger partial charge in [-0.15, -0.1) is 0 Å². The minimum Gasteiger partial charge on any atom is -0.457 e. The van der Waals surface area contributed by atoms with Gasteiger partial charge >= 0.3 is 6.18 Å². The standard InChI is InChI=1S/C14H10BrF3O2/c15-10-2-1-3-11(6-10)20-12-5-4-9(8-19)13(7-12)14(16,17)18/h1-7,19H,8H2. The van der Waals surface area contributed by atoms with Crippen LogP contribution in [0, 0.1) is 0 Å². The lowest BCUT2D eigenvalue weighted by atomic mass is 10.1. The smallest absolute Gasteiger partial charge is 0.416 e. The lowest BCUT2D eigenvalue weighted by Crippen LogP contribution is -2.09. The van der Waals surface area contributed by atoms with Crippen molar-refractivity contribution in [2.75, 3.05) is 0 Å². The second-order valence-electron chi connectivity index (χ2n) is 4.03. The van der Waals surface area contributed by atoms with E-state index in [0.717, 1.165) is 10.5 Å². The molecule has 0 saturated heterocycles. The normalized spacial score (nSPS) is 11.4. The van der Waals surface area contributed by atoms with Gasteiger partial charge in [0.15, 0.2) is 0 Å². The highest BCUT2D eigenvalue weighted by Crippen LogP contribution is 2.35. The van der Waals surface area contributed by atoms with Crippen LogP contribution in [0.2, 0.25) is 0 Å². The number of rotatable bonds is 3. The van der Waals surface area contributed by atoms with Gasteiger partial charge in [-0.25, -0.2) is 0 Å². The molecule has 0 spiro atoms. The first-order chi connectivity index (χ1) is 9.40. The van der Waals surface area contributed by atoms with Gasteiger partial charge in [0.2, 0.25) is 0 Å². The molecule has 0 saturated carbocycles. The van der Waals surface area contributed by atoms with Crippen molar-refractivity contribution in [3.05, 3.63) is 58.1 Å². The van der Waals surface area contributed by atoms with Gasteiger partial charge in [-0.1, -0.05) is 28.1 Å². The minimum absolute atomic E-state index is 0.0626. The molecule has 2 nitrogen and oxygen atoms in total. The van der Waals surface area contributed by atoms with Crippen LogP contribution in [0.3, 0.4) is 0 Å². The highest BCUT2D eigenvalue weighted by molar-refractivity contribution is 9.10. The van der Waals surface area contributed by atoms with Gasteiger partial charge in [0.25, 0.3) is 0 Å². The zero-order valence-electron chi connectivity index (χ0n) is 10.1. The van der Waals surface area contributed by atoms with Crippen LogP contribution in [-0.2, 0) is 12.8 Å². The first-order valence-corrected chi connectivity index (χ1v) is 6.44. The van der Waals surface area contributed by atoms with Crippen molar-refractivity contribution in [2.45, 2.75) is 12.8 Å². The van der Waals surface area contributed by atoms with Crippen molar-refractivity contribution in [3.63, 3.8) is 0 Å². The fourth-order valence-electron chi connectivity index (χ4n) is 1.69. The Morgan fingerprint density at radius 2 is 1.75 bits per heavy atom. The van der Waals surface area contributed by atoms with Crippen LogP contribution in [0.15, 0.2) is 46.9 Å². The maximum Gasteiger partial charge on any atom is 0.416 e. The number of aliphatic hydroxyl groups is 1. The Balaban J connectivity index is 2.34. The molecule has 6 heteroatoms. The van der Waals surface area contributed by atoms with Crippen LogP contribution < -0.4 is 4.74 Å². The van der Waals surface area contributed by atoms with Crippen LogP contribution in [-0.4, -0.2) is 5.11 Å². The fraction of sp³-hybridized carbons (Fsp3) is 0.143. The Kier molecular flexibility index (Phi) is 4.35. The van der Waals surface area contributed by atoms with Crippen molar-refractivity contribution in [1.29, 1.82) is 0 Å². The number of benzene rings is 2. The third kappa shape index (κ3) is 3.52. The number of hydrogen-bond donors (Lipinski definition) is 1. The summed E-state index contributed by atoms with van der Waals surface area (Å²) in [7, 11) is 0. The highest BCUT2D eigenvalue weighted by Gasteiger charge is 2.33. The molecule has 0 aliphatic rings. The van der Waals surface area contributed by atoms with E-state index in [0.29, 0.717) is 5.75 Å². The van der Waals surface area contributed by atoms with E-state index in [1.54, 1.807) is 24.3 Å². The molecule has 0 aromatic heterocycles. The molecule has 2 aromatic carbocycles. The lowest BCUT2D eigenvalue weighted by Gasteiger charge is -2.13. The van der Waals surface area contributed by atoms with Crippen molar-refractivity contribution in [2.24, 2.45) is 0 Å². The number of halogens is 4. The SMILES string of the molecule is OCc1ccc(Oc2cccc(Br)c2)cc1C(F)(F)F. The minimum atomic E-state index is -4.53. The average Bonchev–Trinajstić information content (AvgIpc) is 2.37. The second-order valence-corrected chi connectivity index (χ2v) is 4.95. The number of aliphatic hydroxyl groups excluding tert-OH is 1. The fourth-order valence-corrected chi connectivity index (χ4v) is 2.07. The Morgan fingerprint density at radius 3 is 2.35 bits per heavy atom. The van der Waals surface area contributed by atoms with Crippen LogP contribution in [0.5, 0.6) is 11.5 Å². The van der Waals surface area contributed by atoms with Crippen LogP contribution in [0.4, 0.5) is 13.2 Å². The Hall–Kier alpha value is -1.53. The molecule has 0 aliphatic carbocycles. The molecule has 20 heavy (non-hydrogen) atoms. The summed E-state index contributed by atoms with van der Waals surface area (Å²) in [5.74, 6) is 0.483. The number of alkyl halides is 3. The van der Waals surface area contributed by atoms with E-state index in [9.17, 15) is 13.2 Å². The summed E-state index contributed by atoms with van der Waals surface area (Å²) >= 11 is 3.25. The Morgan fingerprint density at radius 1 is 1.05 bits per heavy atom. The molecule has 0 bridgehead atoms. The third-order valence-electron chi connectivity index (χ3n) is 2.59. The van der Waals surface area contributed by atoms with E-state index in [4.69, 9.17) is 9.84 Å². The lowest BCUT2D eigenvalue weighted by molar-refractivity contribution is -0.138. The van der Waals surface area contributed by atoms with Gasteiger partial charge in [0, 0.05) is 4.47 Å². The molecule has 0 heterocycles. The summed E-state index contributed by atoms with van der Waals surface area (Å²) in [5, 5.41) is 8.95. The third-order valence-corrected chi connectivity index (χ3v) is 3.08. The highest BCUT2D eigenvalue weighted by atomic mass is 79.9. The molecule has 0 fully saturated rings. The van der Waals surface area contributed by atoms with Gasteiger partial charge < -0.3 is 9.84 Å². The van der Waals surface area contributed by atoms with Crippen LogP contribution in [0.1, 0.15) is 11.1 Å². The van der Waals surface area contributed by atoms with E-state index in [-0.39, 0.29) is 11.3 Å².